The summed E-state index contributed by atoms with van der Waals surface area (Å²) in [5.41, 5.74) is -1.20. The van der Waals surface area contributed by atoms with Gasteiger partial charge in [0.05, 0.1) is 0 Å². The van der Waals surface area contributed by atoms with Crippen LogP contribution in [0.5, 0.6) is 11.5 Å². The number of carboxylic acids is 1. The molecular weight excluding hydrogens is 299 g/mol. The summed E-state index contributed by atoms with van der Waals surface area (Å²) in [6.07, 6.45) is 2.98. The van der Waals surface area contributed by atoms with E-state index in [-0.39, 0.29) is 11.5 Å². The van der Waals surface area contributed by atoms with Crippen LogP contribution < -0.4 is 11.2 Å². The van der Waals surface area contributed by atoms with E-state index >= 15 is 0 Å². The summed E-state index contributed by atoms with van der Waals surface area (Å²) in [5, 5.41) is 26.3. The zero-order valence-corrected chi connectivity index (χ0v) is 10.9. The minimum absolute atomic E-state index is 0.229. The van der Waals surface area contributed by atoms with Crippen molar-refractivity contribution in [3.8, 4) is 11.5 Å². The van der Waals surface area contributed by atoms with E-state index in [1.54, 1.807) is 4.98 Å². The van der Waals surface area contributed by atoms with Crippen LogP contribution in [0.3, 0.4) is 0 Å². The van der Waals surface area contributed by atoms with Crippen molar-refractivity contribution in [1.29, 1.82) is 0 Å². The third-order valence-electron chi connectivity index (χ3n) is 2.19. The van der Waals surface area contributed by atoms with Crippen LogP contribution in [-0.2, 0) is 4.79 Å². The van der Waals surface area contributed by atoms with Crippen LogP contribution in [0.15, 0.2) is 40.1 Å². The monoisotopic (exact) mass is 310 g/mol. The number of aromatic hydroxyl groups is 2. The van der Waals surface area contributed by atoms with Crippen molar-refractivity contribution >= 4 is 12.0 Å². The maximum absolute atomic E-state index is 12.0. The van der Waals surface area contributed by atoms with Gasteiger partial charge in [0, 0.05) is 12.3 Å². The number of aromatic amines is 2. The van der Waals surface area contributed by atoms with Crippen molar-refractivity contribution in [1.82, 2.24) is 9.97 Å². The van der Waals surface area contributed by atoms with Crippen LogP contribution >= 0.6 is 0 Å². The fraction of sp³-hybridized carbons (Fsp3) is 0. The van der Waals surface area contributed by atoms with E-state index in [2.05, 4.69) is 0 Å². The average Bonchev–Trinajstić information content (AvgIpc) is 2.45. The molecule has 0 aliphatic carbocycles. The van der Waals surface area contributed by atoms with Crippen LogP contribution in [0.1, 0.15) is 5.56 Å². The molecule has 2 aromatic rings. The summed E-state index contributed by atoms with van der Waals surface area (Å²) < 4.78 is 12.0. The number of hydrogen-bond acceptors (Lipinski definition) is 5. The number of phenolic OH excluding ortho intramolecular Hbond substituents is 2. The van der Waals surface area contributed by atoms with Crippen molar-refractivity contribution in [2.24, 2.45) is 0 Å². The summed E-state index contributed by atoms with van der Waals surface area (Å²) >= 11 is 0. The van der Waals surface area contributed by atoms with Crippen LogP contribution in [0.2, 0.25) is 0 Å². The van der Waals surface area contributed by atoms with Crippen molar-refractivity contribution in [2.75, 3.05) is 0 Å². The summed E-state index contributed by atoms with van der Waals surface area (Å²) in [7, 11) is 0. The Labute approximate surface area is 121 Å². The van der Waals surface area contributed by atoms with Gasteiger partial charge in [-0.1, -0.05) is 6.07 Å². The number of aliphatic carboxylic acids is 1. The quantitative estimate of drug-likeness (QED) is 0.401. The predicted molar refractivity (Wildman–Crippen MR) is 74.1 cm³/mol. The fourth-order valence-corrected chi connectivity index (χ4v) is 1.21. The molecule has 0 bridgehead atoms. The molecule has 0 unspecified atom stereocenters. The van der Waals surface area contributed by atoms with E-state index < -0.39 is 23.0 Å². The van der Waals surface area contributed by atoms with E-state index in [0.29, 0.717) is 11.8 Å². The molecule has 0 saturated carbocycles. The Balaban J connectivity index is 0.000000235. The SMILES string of the molecule is O=C(O)C=Cc1ccc(O)c(O)c1.O=c1[nH]cc(F)c(=O)[nH]1. The lowest BCUT2D eigenvalue weighted by atomic mass is 10.2. The van der Waals surface area contributed by atoms with E-state index in [4.69, 9.17) is 15.3 Å². The fourth-order valence-electron chi connectivity index (χ4n) is 1.21. The number of carbonyl (C=O) groups is 1. The first-order chi connectivity index (χ1) is 10.3. The Morgan fingerprint density at radius 1 is 1.18 bits per heavy atom. The standard InChI is InChI=1S/C9H8O4.C4H3FN2O2/c10-7-3-1-6(5-8(7)11)2-4-9(12)13;5-2-1-6-4(9)7-3(2)8/h1-5,10-11H,(H,12,13);1H,(H2,6,7,8,9). The molecule has 0 radical (unpaired) electrons. The van der Waals surface area contributed by atoms with Gasteiger partial charge < -0.3 is 20.3 Å². The number of hydrogen-bond donors (Lipinski definition) is 5. The lowest BCUT2D eigenvalue weighted by molar-refractivity contribution is -0.131. The van der Waals surface area contributed by atoms with Crippen LogP contribution in [0.4, 0.5) is 4.39 Å². The molecule has 9 heteroatoms. The highest BCUT2D eigenvalue weighted by atomic mass is 19.1. The molecule has 116 valence electrons. The predicted octanol–water partition coefficient (Wildman–Crippen LogP) is 0.398. The van der Waals surface area contributed by atoms with Crippen LogP contribution in [0.25, 0.3) is 6.08 Å². The molecule has 0 aliphatic heterocycles. The van der Waals surface area contributed by atoms with Crippen LogP contribution in [0, 0.1) is 5.82 Å². The zero-order valence-electron chi connectivity index (χ0n) is 10.9. The Bertz CT molecular complexity index is 809. The van der Waals surface area contributed by atoms with Gasteiger partial charge in [0.25, 0.3) is 5.56 Å². The van der Waals surface area contributed by atoms with Gasteiger partial charge in [-0.05, 0) is 23.8 Å². The second-order valence-electron chi connectivity index (χ2n) is 3.84. The van der Waals surface area contributed by atoms with Gasteiger partial charge in [-0.3, -0.25) is 9.78 Å². The number of rotatable bonds is 2. The topological polar surface area (TPSA) is 143 Å². The number of carboxylic acid groups (broad SMARTS) is 1. The van der Waals surface area contributed by atoms with Gasteiger partial charge in [-0.25, -0.2) is 9.59 Å². The summed E-state index contributed by atoms with van der Waals surface area (Å²) in [6.45, 7) is 0. The van der Waals surface area contributed by atoms with Crippen molar-refractivity contribution < 1.29 is 24.5 Å². The highest BCUT2D eigenvalue weighted by Crippen LogP contribution is 2.25. The molecule has 0 amide bonds. The second kappa shape index (κ2) is 7.43. The molecule has 0 spiro atoms. The van der Waals surface area contributed by atoms with Crippen LogP contribution in [-0.4, -0.2) is 31.3 Å². The largest absolute Gasteiger partial charge is 0.504 e. The number of aromatic nitrogens is 2. The lowest BCUT2D eigenvalue weighted by Crippen LogP contribution is -2.23. The highest BCUT2D eigenvalue weighted by Gasteiger charge is 1.98. The van der Waals surface area contributed by atoms with Gasteiger partial charge in [0.1, 0.15) is 0 Å². The minimum Gasteiger partial charge on any atom is -0.504 e. The van der Waals surface area contributed by atoms with Gasteiger partial charge in [-0.15, -0.1) is 0 Å². The van der Waals surface area contributed by atoms with Gasteiger partial charge in [0.2, 0.25) is 5.82 Å². The molecule has 0 saturated heterocycles. The third kappa shape index (κ3) is 5.33. The number of nitrogens with one attached hydrogen (secondary N) is 2. The molecule has 0 atom stereocenters. The molecule has 0 fully saturated rings. The van der Waals surface area contributed by atoms with Gasteiger partial charge >= 0.3 is 11.7 Å². The summed E-state index contributed by atoms with van der Waals surface area (Å²) in [6, 6.07) is 4.06. The molecule has 1 heterocycles. The van der Waals surface area contributed by atoms with E-state index in [0.717, 1.165) is 6.08 Å². The van der Waals surface area contributed by atoms with Gasteiger partial charge in [0.15, 0.2) is 11.5 Å². The third-order valence-corrected chi connectivity index (χ3v) is 2.19. The molecule has 1 aromatic carbocycles. The average molecular weight is 310 g/mol. The highest BCUT2D eigenvalue weighted by molar-refractivity contribution is 5.85. The summed E-state index contributed by atoms with van der Waals surface area (Å²) in [4.78, 5) is 34.1. The van der Waals surface area contributed by atoms with Crippen molar-refractivity contribution in [2.45, 2.75) is 0 Å². The normalized spacial score (nSPS) is 10.0. The zero-order chi connectivity index (χ0) is 16.7. The molecule has 2 rings (SSSR count). The second-order valence-corrected chi connectivity index (χ2v) is 3.84. The Hall–Kier alpha value is -3.36. The number of halogens is 1. The lowest BCUT2D eigenvalue weighted by Gasteiger charge is -1.97. The molecule has 5 N–H and O–H groups in total. The smallest absolute Gasteiger partial charge is 0.328 e. The minimum atomic E-state index is -1.06. The first-order valence-electron chi connectivity index (χ1n) is 5.70. The number of benzene rings is 1. The molecule has 0 aliphatic rings. The number of H-pyrrole nitrogens is 2. The van der Waals surface area contributed by atoms with Gasteiger partial charge in [-0.2, -0.15) is 4.39 Å². The van der Waals surface area contributed by atoms with E-state index in [1.165, 1.54) is 24.3 Å². The Morgan fingerprint density at radius 3 is 2.36 bits per heavy atom. The first-order valence-corrected chi connectivity index (χ1v) is 5.70. The summed E-state index contributed by atoms with van der Waals surface area (Å²) in [5.74, 6) is -2.55. The maximum atomic E-state index is 12.0. The van der Waals surface area contributed by atoms with E-state index in [9.17, 15) is 18.8 Å². The molecule has 1 aromatic heterocycles. The first kappa shape index (κ1) is 16.7. The van der Waals surface area contributed by atoms with Crippen molar-refractivity contribution in [3.05, 3.63) is 62.7 Å². The molecule has 8 nitrogen and oxygen atoms in total. The molecule has 22 heavy (non-hydrogen) atoms. The maximum Gasteiger partial charge on any atom is 0.328 e. The number of phenols is 2. The molecular formula is C13H11FN2O6. The Morgan fingerprint density at radius 2 is 1.86 bits per heavy atom. The van der Waals surface area contributed by atoms with E-state index in [1.807, 2.05) is 4.98 Å². The Kier molecular flexibility index (Phi) is 5.64. The van der Waals surface area contributed by atoms with Crippen molar-refractivity contribution in [3.63, 3.8) is 0 Å².